The summed E-state index contributed by atoms with van der Waals surface area (Å²) in [6.45, 7) is 3.99. The van der Waals surface area contributed by atoms with E-state index >= 15 is 0 Å². The second-order valence-electron chi connectivity index (χ2n) is 8.32. The molecular weight excluding hydrogens is 470 g/mol. The SMILES string of the molecule is CCCCNC(=O)[C@@H](C)N(Cc1ccc(OC)cc1)C(=O)CCN1C(=O)c2ccccc2S1(=O)=O. The molecule has 3 rings (SSSR count). The Bertz CT molecular complexity index is 1180. The lowest BCUT2D eigenvalue weighted by molar-refractivity contribution is -0.140. The summed E-state index contributed by atoms with van der Waals surface area (Å²) in [5.41, 5.74) is 0.878. The summed E-state index contributed by atoms with van der Waals surface area (Å²) < 4.78 is 31.5. The maximum Gasteiger partial charge on any atom is 0.269 e. The van der Waals surface area contributed by atoms with Gasteiger partial charge in [0.1, 0.15) is 16.7 Å². The Morgan fingerprint density at radius 3 is 2.43 bits per heavy atom. The minimum absolute atomic E-state index is 0.0591. The van der Waals surface area contributed by atoms with Crippen LogP contribution >= 0.6 is 0 Å². The quantitative estimate of drug-likeness (QED) is 0.474. The van der Waals surface area contributed by atoms with Crippen molar-refractivity contribution in [3.8, 4) is 5.75 Å². The van der Waals surface area contributed by atoms with Crippen LogP contribution in [0.25, 0.3) is 0 Å². The van der Waals surface area contributed by atoms with Crippen molar-refractivity contribution >= 4 is 27.7 Å². The van der Waals surface area contributed by atoms with Crippen LogP contribution in [0.4, 0.5) is 0 Å². The van der Waals surface area contributed by atoms with Gasteiger partial charge in [-0.1, -0.05) is 37.6 Å². The van der Waals surface area contributed by atoms with Crippen LogP contribution in [0, 0.1) is 0 Å². The summed E-state index contributed by atoms with van der Waals surface area (Å²) in [6.07, 6.45) is 1.49. The Balaban J connectivity index is 1.76. The van der Waals surface area contributed by atoms with E-state index in [0.29, 0.717) is 12.3 Å². The first kappa shape index (κ1) is 26.2. The summed E-state index contributed by atoms with van der Waals surface area (Å²) in [5.74, 6) is -0.717. The van der Waals surface area contributed by atoms with E-state index in [9.17, 15) is 22.8 Å². The molecule has 0 bridgehead atoms. The minimum Gasteiger partial charge on any atom is -0.497 e. The van der Waals surface area contributed by atoms with Crippen LogP contribution in [0.2, 0.25) is 0 Å². The molecule has 0 spiro atoms. The fourth-order valence-corrected chi connectivity index (χ4v) is 5.41. The number of carbonyl (C=O) groups excluding carboxylic acids is 3. The van der Waals surface area contributed by atoms with Gasteiger partial charge in [-0.25, -0.2) is 12.7 Å². The van der Waals surface area contributed by atoms with E-state index in [1.807, 2.05) is 6.92 Å². The first-order valence-electron chi connectivity index (χ1n) is 11.6. The van der Waals surface area contributed by atoms with Crippen molar-refractivity contribution < 1.29 is 27.5 Å². The molecule has 188 valence electrons. The van der Waals surface area contributed by atoms with Gasteiger partial charge in [0, 0.05) is 26.1 Å². The van der Waals surface area contributed by atoms with Gasteiger partial charge in [-0.15, -0.1) is 0 Å². The molecule has 3 amide bonds. The monoisotopic (exact) mass is 501 g/mol. The highest BCUT2D eigenvalue weighted by atomic mass is 32.2. The molecule has 2 aromatic rings. The molecule has 0 unspecified atom stereocenters. The van der Waals surface area contributed by atoms with E-state index in [1.54, 1.807) is 50.4 Å². The molecule has 0 saturated heterocycles. The Morgan fingerprint density at radius 2 is 1.80 bits per heavy atom. The number of fused-ring (bicyclic) bond motifs is 1. The number of nitrogens with one attached hydrogen (secondary N) is 1. The van der Waals surface area contributed by atoms with Crippen molar-refractivity contribution in [2.45, 2.75) is 50.6 Å². The second kappa shape index (κ2) is 11.4. The molecule has 35 heavy (non-hydrogen) atoms. The molecule has 1 atom stereocenters. The normalized spacial score (nSPS) is 14.8. The lowest BCUT2D eigenvalue weighted by Gasteiger charge is -2.29. The van der Waals surface area contributed by atoms with Gasteiger partial charge in [0.05, 0.1) is 12.7 Å². The van der Waals surface area contributed by atoms with Gasteiger partial charge in [-0.2, -0.15) is 0 Å². The molecule has 10 heteroatoms. The first-order chi connectivity index (χ1) is 16.7. The molecule has 1 heterocycles. The maximum absolute atomic E-state index is 13.3. The number of amides is 3. The molecule has 2 aromatic carbocycles. The smallest absolute Gasteiger partial charge is 0.269 e. The predicted molar refractivity (Wildman–Crippen MR) is 130 cm³/mol. The number of unbranched alkanes of at least 4 members (excludes halogenated alkanes) is 1. The van der Waals surface area contributed by atoms with Crippen molar-refractivity contribution in [2.24, 2.45) is 0 Å². The van der Waals surface area contributed by atoms with Gasteiger partial charge in [-0.05, 0) is 43.2 Å². The topological polar surface area (TPSA) is 113 Å². The van der Waals surface area contributed by atoms with Crippen LogP contribution < -0.4 is 10.1 Å². The third kappa shape index (κ3) is 5.82. The summed E-state index contributed by atoms with van der Waals surface area (Å²) >= 11 is 0. The largest absolute Gasteiger partial charge is 0.497 e. The van der Waals surface area contributed by atoms with E-state index in [0.717, 1.165) is 22.7 Å². The van der Waals surface area contributed by atoms with Crippen LogP contribution in [0.1, 0.15) is 49.0 Å². The van der Waals surface area contributed by atoms with Crippen LogP contribution in [0.5, 0.6) is 5.75 Å². The summed E-state index contributed by atoms with van der Waals surface area (Å²) in [6, 6.07) is 12.3. The predicted octanol–water partition coefficient (Wildman–Crippen LogP) is 2.56. The van der Waals surface area contributed by atoms with E-state index in [1.165, 1.54) is 17.0 Å². The lowest BCUT2D eigenvalue weighted by Crippen LogP contribution is -2.48. The molecule has 0 fully saturated rings. The zero-order valence-corrected chi connectivity index (χ0v) is 21.0. The average molecular weight is 502 g/mol. The number of ether oxygens (including phenoxy) is 1. The van der Waals surface area contributed by atoms with Crippen molar-refractivity contribution in [3.05, 3.63) is 59.7 Å². The molecule has 1 aliphatic rings. The molecule has 9 nitrogen and oxygen atoms in total. The number of hydrogen-bond acceptors (Lipinski definition) is 6. The molecule has 1 aliphatic heterocycles. The number of hydrogen-bond donors (Lipinski definition) is 1. The van der Waals surface area contributed by atoms with E-state index in [-0.39, 0.29) is 35.9 Å². The Labute approximate surface area is 206 Å². The lowest BCUT2D eigenvalue weighted by atomic mass is 10.1. The third-order valence-corrected chi connectivity index (χ3v) is 7.79. The highest BCUT2D eigenvalue weighted by Crippen LogP contribution is 2.30. The van der Waals surface area contributed by atoms with Crippen molar-refractivity contribution in [1.82, 2.24) is 14.5 Å². The molecular formula is C25H31N3O6S. The van der Waals surface area contributed by atoms with Gasteiger partial charge in [0.15, 0.2) is 0 Å². The summed E-state index contributed by atoms with van der Waals surface area (Å²) in [5, 5.41) is 2.84. The van der Waals surface area contributed by atoms with Gasteiger partial charge in [0.25, 0.3) is 15.9 Å². The highest BCUT2D eigenvalue weighted by Gasteiger charge is 2.41. The van der Waals surface area contributed by atoms with Crippen molar-refractivity contribution in [2.75, 3.05) is 20.2 Å². The summed E-state index contributed by atoms with van der Waals surface area (Å²) in [7, 11) is -2.46. The van der Waals surface area contributed by atoms with E-state index in [4.69, 9.17) is 4.74 Å². The van der Waals surface area contributed by atoms with Crippen LogP contribution in [-0.2, 0) is 26.2 Å². The molecule has 1 N–H and O–H groups in total. The number of rotatable bonds is 11. The second-order valence-corrected chi connectivity index (χ2v) is 10.1. The molecule has 0 saturated carbocycles. The molecule has 0 aromatic heterocycles. The Hall–Kier alpha value is -3.40. The summed E-state index contributed by atoms with van der Waals surface area (Å²) in [4.78, 5) is 40.0. The van der Waals surface area contributed by atoms with Crippen LogP contribution in [-0.4, -0.2) is 61.6 Å². The molecule has 0 radical (unpaired) electrons. The van der Waals surface area contributed by atoms with Crippen molar-refractivity contribution in [1.29, 1.82) is 0 Å². The fourth-order valence-electron chi connectivity index (χ4n) is 3.84. The van der Waals surface area contributed by atoms with Gasteiger partial charge < -0.3 is 15.0 Å². The van der Waals surface area contributed by atoms with Crippen LogP contribution in [0.3, 0.4) is 0 Å². The number of benzene rings is 2. The Kier molecular flexibility index (Phi) is 8.50. The van der Waals surface area contributed by atoms with Crippen molar-refractivity contribution in [3.63, 3.8) is 0 Å². The number of sulfonamides is 1. The van der Waals surface area contributed by atoms with Gasteiger partial charge >= 0.3 is 0 Å². The van der Waals surface area contributed by atoms with Crippen LogP contribution in [0.15, 0.2) is 53.4 Å². The number of nitrogens with zero attached hydrogens (tertiary/aromatic N) is 2. The van der Waals surface area contributed by atoms with Gasteiger partial charge in [-0.3, -0.25) is 14.4 Å². The van der Waals surface area contributed by atoms with E-state index < -0.39 is 27.9 Å². The fraction of sp³-hybridized carbons (Fsp3) is 0.400. The third-order valence-electron chi connectivity index (χ3n) is 5.95. The van der Waals surface area contributed by atoms with Gasteiger partial charge in [0.2, 0.25) is 11.8 Å². The average Bonchev–Trinajstić information content (AvgIpc) is 3.06. The zero-order chi connectivity index (χ0) is 25.6. The zero-order valence-electron chi connectivity index (χ0n) is 20.2. The number of methoxy groups -OCH3 is 1. The molecule has 0 aliphatic carbocycles. The standard InChI is InChI=1S/C25H31N3O6S/c1-4-5-15-26-24(30)18(2)27(17-19-10-12-20(34-3)13-11-19)23(29)14-16-28-25(31)21-8-6-7-9-22(21)35(28,32)33/h6-13,18H,4-5,14-17H2,1-3H3,(H,26,30)/t18-/m1/s1. The van der Waals surface area contributed by atoms with E-state index in [2.05, 4.69) is 5.32 Å². The number of carbonyl (C=O) groups is 3. The minimum atomic E-state index is -4.02. The first-order valence-corrected chi connectivity index (χ1v) is 13.0. The highest BCUT2D eigenvalue weighted by molar-refractivity contribution is 7.90. The Morgan fingerprint density at radius 1 is 1.11 bits per heavy atom. The maximum atomic E-state index is 13.3.